The summed E-state index contributed by atoms with van der Waals surface area (Å²) in [4.78, 5) is 10.0. The molecule has 0 saturated heterocycles. The van der Waals surface area contributed by atoms with Crippen molar-refractivity contribution in [2.24, 2.45) is 0 Å². The van der Waals surface area contributed by atoms with Crippen LogP contribution < -0.4 is 4.90 Å². The molecule has 68 valence electrons. The van der Waals surface area contributed by atoms with Crippen molar-refractivity contribution >= 4 is 16.7 Å². The second-order valence-corrected chi connectivity index (χ2v) is 3.27. The molecule has 13 heavy (non-hydrogen) atoms. The van der Waals surface area contributed by atoms with Crippen LogP contribution in [0.1, 0.15) is 5.82 Å². The third-order valence-electron chi connectivity index (χ3n) is 1.53. The zero-order chi connectivity index (χ0) is 9.10. The third kappa shape index (κ3) is 1.81. The van der Waals surface area contributed by atoms with Crippen LogP contribution in [-0.2, 0) is 6.54 Å². The molecule has 1 N–H and O–H groups in total. The molecule has 0 amide bonds. The first-order chi connectivity index (χ1) is 6.36. The van der Waals surface area contributed by atoms with Crippen molar-refractivity contribution in [3.8, 4) is 0 Å². The van der Waals surface area contributed by atoms with Crippen molar-refractivity contribution in [3.05, 3.63) is 18.5 Å². The molecule has 0 unspecified atom stereocenters. The van der Waals surface area contributed by atoms with Gasteiger partial charge in [-0.25, -0.2) is 9.97 Å². The first kappa shape index (κ1) is 8.11. The quantitative estimate of drug-likeness (QED) is 0.764. The van der Waals surface area contributed by atoms with Gasteiger partial charge in [0.15, 0.2) is 0 Å². The van der Waals surface area contributed by atoms with Gasteiger partial charge in [-0.1, -0.05) is 0 Å². The van der Waals surface area contributed by atoms with Crippen LogP contribution in [0.25, 0.3) is 0 Å². The highest BCUT2D eigenvalue weighted by Crippen LogP contribution is 2.13. The van der Waals surface area contributed by atoms with E-state index in [1.54, 1.807) is 0 Å². The summed E-state index contributed by atoms with van der Waals surface area (Å²) >= 11 is 1.36. The van der Waals surface area contributed by atoms with E-state index < -0.39 is 0 Å². The number of anilines is 1. The summed E-state index contributed by atoms with van der Waals surface area (Å²) in [5.74, 6) is 0.817. The number of rotatable bonds is 3. The van der Waals surface area contributed by atoms with Gasteiger partial charge in [0.2, 0.25) is 5.13 Å². The van der Waals surface area contributed by atoms with Crippen LogP contribution in [0.3, 0.4) is 0 Å². The lowest BCUT2D eigenvalue weighted by Gasteiger charge is -2.11. The molecule has 0 aliphatic heterocycles. The van der Waals surface area contributed by atoms with Gasteiger partial charge in [0.05, 0.1) is 6.54 Å². The number of nitrogens with one attached hydrogen (secondary N) is 1. The highest BCUT2D eigenvalue weighted by Gasteiger charge is 2.06. The van der Waals surface area contributed by atoms with Gasteiger partial charge in [-0.3, -0.25) is 5.10 Å². The Balaban J connectivity index is 2.04. The van der Waals surface area contributed by atoms with Crippen LogP contribution in [0.2, 0.25) is 0 Å². The van der Waals surface area contributed by atoms with Crippen molar-refractivity contribution < 1.29 is 0 Å². The zero-order valence-electron chi connectivity index (χ0n) is 7.01. The smallest absolute Gasteiger partial charge is 0.205 e. The Morgan fingerprint density at radius 3 is 3.00 bits per heavy atom. The Morgan fingerprint density at radius 1 is 1.46 bits per heavy atom. The van der Waals surface area contributed by atoms with E-state index in [0.717, 1.165) is 11.0 Å². The van der Waals surface area contributed by atoms with Gasteiger partial charge in [-0.15, -0.1) is 0 Å². The number of nitrogens with zero attached hydrogens (tertiary/aromatic N) is 5. The normalized spacial score (nSPS) is 10.2. The van der Waals surface area contributed by atoms with Crippen LogP contribution in [0.5, 0.6) is 0 Å². The van der Waals surface area contributed by atoms with Gasteiger partial charge in [-0.05, 0) is 0 Å². The van der Waals surface area contributed by atoms with Crippen molar-refractivity contribution in [1.29, 1.82) is 0 Å². The van der Waals surface area contributed by atoms with Crippen LogP contribution in [-0.4, -0.2) is 31.6 Å². The number of hydrogen-bond acceptors (Lipinski definition) is 6. The summed E-state index contributed by atoms with van der Waals surface area (Å²) in [6, 6.07) is 0. The maximum absolute atomic E-state index is 4.07. The second kappa shape index (κ2) is 3.48. The van der Waals surface area contributed by atoms with E-state index in [9.17, 15) is 0 Å². The standard InChI is InChI=1S/C6H8N6S/c1-12(6-8-4-10-13-6)2-5-7-3-9-11-5/h3-4H,2H2,1H3,(H,7,9,11). The van der Waals surface area contributed by atoms with E-state index in [1.807, 2.05) is 11.9 Å². The zero-order valence-corrected chi connectivity index (χ0v) is 7.82. The topological polar surface area (TPSA) is 70.6 Å². The van der Waals surface area contributed by atoms with Gasteiger partial charge in [0, 0.05) is 18.6 Å². The second-order valence-electron chi connectivity index (χ2n) is 2.51. The van der Waals surface area contributed by atoms with Gasteiger partial charge < -0.3 is 4.90 Å². The summed E-state index contributed by atoms with van der Waals surface area (Å²) in [5.41, 5.74) is 0. The van der Waals surface area contributed by atoms with E-state index in [4.69, 9.17) is 0 Å². The summed E-state index contributed by atoms with van der Waals surface area (Å²) in [6.07, 6.45) is 3.03. The van der Waals surface area contributed by atoms with Crippen LogP contribution >= 0.6 is 11.5 Å². The third-order valence-corrected chi connectivity index (χ3v) is 2.31. The molecule has 6 nitrogen and oxygen atoms in total. The predicted octanol–water partition coefficient (Wildman–Crippen LogP) is 0.293. The molecule has 0 radical (unpaired) electrons. The minimum atomic E-state index is 0.662. The molecule has 2 aromatic rings. The van der Waals surface area contributed by atoms with Gasteiger partial charge >= 0.3 is 0 Å². The van der Waals surface area contributed by atoms with Gasteiger partial charge in [0.1, 0.15) is 18.5 Å². The molecule has 0 aliphatic rings. The fraction of sp³-hybridized carbons (Fsp3) is 0.333. The predicted molar refractivity (Wildman–Crippen MR) is 48.4 cm³/mol. The van der Waals surface area contributed by atoms with E-state index >= 15 is 0 Å². The summed E-state index contributed by atoms with van der Waals surface area (Å²) < 4.78 is 3.92. The lowest BCUT2D eigenvalue weighted by molar-refractivity contribution is 0.839. The molecular formula is C6H8N6S. The monoisotopic (exact) mass is 196 g/mol. The van der Waals surface area contributed by atoms with Crippen molar-refractivity contribution in [1.82, 2.24) is 24.5 Å². The number of hydrogen-bond donors (Lipinski definition) is 1. The van der Waals surface area contributed by atoms with Crippen LogP contribution in [0, 0.1) is 0 Å². The van der Waals surface area contributed by atoms with Gasteiger partial charge in [-0.2, -0.15) is 9.47 Å². The minimum Gasteiger partial charge on any atom is -0.342 e. The highest BCUT2D eigenvalue weighted by atomic mass is 32.1. The highest BCUT2D eigenvalue weighted by molar-refractivity contribution is 7.09. The van der Waals surface area contributed by atoms with Crippen LogP contribution in [0.4, 0.5) is 5.13 Å². The Hall–Kier alpha value is -1.50. The van der Waals surface area contributed by atoms with E-state index in [0.29, 0.717) is 6.54 Å². The largest absolute Gasteiger partial charge is 0.342 e. The lowest BCUT2D eigenvalue weighted by Crippen LogP contribution is -2.16. The molecular weight excluding hydrogens is 188 g/mol. The Morgan fingerprint density at radius 2 is 2.38 bits per heavy atom. The molecule has 0 spiro atoms. The molecule has 0 bridgehead atoms. The Bertz CT molecular complexity index is 341. The van der Waals surface area contributed by atoms with E-state index in [1.165, 1.54) is 24.2 Å². The summed E-state index contributed by atoms with van der Waals surface area (Å²) in [6.45, 7) is 0.662. The number of aromatic amines is 1. The number of H-pyrrole nitrogens is 1. The first-order valence-electron chi connectivity index (χ1n) is 3.68. The molecule has 2 aromatic heterocycles. The Kier molecular flexibility index (Phi) is 2.17. The average Bonchev–Trinajstić information content (AvgIpc) is 2.74. The first-order valence-corrected chi connectivity index (χ1v) is 4.45. The molecule has 0 fully saturated rings. The van der Waals surface area contributed by atoms with E-state index in [2.05, 4.69) is 24.5 Å². The maximum Gasteiger partial charge on any atom is 0.205 e. The maximum atomic E-state index is 4.07. The van der Waals surface area contributed by atoms with Crippen molar-refractivity contribution in [3.63, 3.8) is 0 Å². The van der Waals surface area contributed by atoms with Gasteiger partial charge in [0.25, 0.3) is 0 Å². The van der Waals surface area contributed by atoms with E-state index in [-0.39, 0.29) is 0 Å². The molecule has 7 heteroatoms. The SMILES string of the molecule is CN(Cc1ncn[nH]1)c1ncns1. The molecule has 0 atom stereocenters. The average molecular weight is 196 g/mol. The van der Waals surface area contributed by atoms with Crippen LogP contribution in [0.15, 0.2) is 12.7 Å². The molecule has 0 saturated carbocycles. The van der Waals surface area contributed by atoms with Crippen molar-refractivity contribution in [2.75, 3.05) is 11.9 Å². The summed E-state index contributed by atoms with van der Waals surface area (Å²) in [7, 11) is 1.93. The molecule has 0 aromatic carbocycles. The molecule has 0 aliphatic carbocycles. The fourth-order valence-corrected chi connectivity index (χ4v) is 1.42. The molecule has 2 heterocycles. The molecule has 2 rings (SSSR count). The minimum absolute atomic E-state index is 0.662. The lowest BCUT2D eigenvalue weighted by atomic mass is 10.5. The summed E-state index contributed by atoms with van der Waals surface area (Å²) in [5, 5.41) is 7.42. The number of aromatic nitrogens is 5. The van der Waals surface area contributed by atoms with Crippen molar-refractivity contribution in [2.45, 2.75) is 6.54 Å². The Labute approximate surface area is 78.8 Å². The fourth-order valence-electron chi connectivity index (χ4n) is 0.935.